The van der Waals surface area contributed by atoms with E-state index in [1.54, 1.807) is 0 Å². The van der Waals surface area contributed by atoms with Gasteiger partial charge >= 0.3 is 59.0 Å². The molecule has 0 spiro atoms. The minimum absolute atomic E-state index is 0. The first-order valence-corrected chi connectivity index (χ1v) is 7.40. The summed E-state index contributed by atoms with van der Waals surface area (Å²) in [6, 6.07) is 0. The summed E-state index contributed by atoms with van der Waals surface area (Å²) < 4.78 is 10.5. The van der Waals surface area contributed by atoms with Crippen molar-refractivity contribution in [1.29, 1.82) is 0 Å². The quantitative estimate of drug-likeness (QED) is 0.360. The number of hydrogen-bond donors (Lipinski definition) is 2. The molecular weight excluding hydrogens is 238 g/mol. The Hall–Kier alpha value is 1.79. The third kappa shape index (κ3) is 18.4. The van der Waals surface area contributed by atoms with Crippen molar-refractivity contribution in [2.24, 2.45) is 0 Å². The molecule has 0 amide bonds. The van der Waals surface area contributed by atoms with E-state index in [9.17, 15) is 4.57 Å². The topological polar surface area (TPSA) is 57.5 Å². The van der Waals surface area contributed by atoms with Gasteiger partial charge in [-0.2, -0.15) is 0 Å². The standard InChI is InChI=1S/C10H23O3P.K.H/c1-2-3-4-5-6-7-8-9-10-14(11,12)13;;/h2-10H2,1H3,(H2,11,12,13);;/q;+1;-1. The second kappa shape index (κ2) is 12.2. The zero-order chi connectivity index (χ0) is 10.9. The summed E-state index contributed by atoms with van der Waals surface area (Å²) in [5, 5.41) is 0. The van der Waals surface area contributed by atoms with E-state index >= 15 is 0 Å². The van der Waals surface area contributed by atoms with Gasteiger partial charge in [-0.05, 0) is 6.42 Å². The monoisotopic (exact) mass is 262 g/mol. The molecule has 0 atom stereocenters. The Bertz CT molecular complexity index is 175. The molecule has 2 N–H and O–H groups in total. The summed E-state index contributed by atoms with van der Waals surface area (Å²) in [4.78, 5) is 17.2. The molecule has 0 rings (SSSR count). The van der Waals surface area contributed by atoms with Gasteiger partial charge in [-0.3, -0.25) is 4.57 Å². The van der Waals surface area contributed by atoms with Crippen LogP contribution < -0.4 is 51.4 Å². The molecule has 15 heavy (non-hydrogen) atoms. The molecular formula is C10H24KO3P. The van der Waals surface area contributed by atoms with Crippen molar-refractivity contribution >= 4 is 7.60 Å². The van der Waals surface area contributed by atoms with E-state index in [1.807, 2.05) is 0 Å². The fourth-order valence-corrected chi connectivity index (χ4v) is 2.09. The third-order valence-corrected chi connectivity index (χ3v) is 3.20. The largest absolute Gasteiger partial charge is 1.00 e. The van der Waals surface area contributed by atoms with Crippen LogP contribution in [0, 0.1) is 0 Å². The SMILES string of the molecule is CCCCCCCCCCP(=O)(O)O.[H-].[K+]. The van der Waals surface area contributed by atoms with Crippen LogP contribution in [0.15, 0.2) is 0 Å². The van der Waals surface area contributed by atoms with Gasteiger partial charge in [0.25, 0.3) is 0 Å². The zero-order valence-corrected chi connectivity index (χ0v) is 14.1. The zero-order valence-electron chi connectivity index (χ0n) is 11.1. The summed E-state index contributed by atoms with van der Waals surface area (Å²) in [7, 11) is -3.73. The Morgan fingerprint density at radius 1 is 0.933 bits per heavy atom. The Kier molecular flexibility index (Phi) is 15.6. The van der Waals surface area contributed by atoms with Crippen LogP contribution in [0.1, 0.15) is 59.7 Å². The molecule has 0 aliphatic rings. The fourth-order valence-electron chi connectivity index (χ4n) is 1.45. The van der Waals surface area contributed by atoms with Crippen molar-refractivity contribution in [3.63, 3.8) is 0 Å². The van der Waals surface area contributed by atoms with Crippen LogP contribution >= 0.6 is 7.60 Å². The van der Waals surface area contributed by atoms with Gasteiger partial charge in [-0.25, -0.2) is 0 Å². The molecule has 3 nitrogen and oxygen atoms in total. The predicted molar refractivity (Wildman–Crippen MR) is 60.6 cm³/mol. The molecule has 0 aromatic carbocycles. The van der Waals surface area contributed by atoms with Crippen LogP contribution in [-0.4, -0.2) is 15.9 Å². The van der Waals surface area contributed by atoms with E-state index in [1.165, 1.54) is 32.1 Å². The molecule has 0 bridgehead atoms. The predicted octanol–water partition coefficient (Wildman–Crippen LogP) is 0.421. The second-order valence-electron chi connectivity index (χ2n) is 3.86. The van der Waals surface area contributed by atoms with Crippen molar-refractivity contribution in [3.8, 4) is 0 Å². The van der Waals surface area contributed by atoms with E-state index < -0.39 is 7.60 Å². The van der Waals surface area contributed by atoms with Crippen molar-refractivity contribution in [2.45, 2.75) is 58.3 Å². The number of rotatable bonds is 9. The Balaban J connectivity index is -0.000000845. The van der Waals surface area contributed by atoms with Gasteiger partial charge in [-0.15, -0.1) is 0 Å². The van der Waals surface area contributed by atoms with Crippen molar-refractivity contribution in [2.75, 3.05) is 6.16 Å². The van der Waals surface area contributed by atoms with E-state index in [2.05, 4.69) is 6.92 Å². The molecule has 0 aliphatic heterocycles. The molecule has 88 valence electrons. The van der Waals surface area contributed by atoms with Gasteiger partial charge in [0, 0.05) is 6.16 Å². The Morgan fingerprint density at radius 2 is 1.33 bits per heavy atom. The molecule has 0 saturated heterocycles. The van der Waals surface area contributed by atoms with E-state index in [4.69, 9.17) is 9.79 Å². The minimum atomic E-state index is -3.73. The molecule has 5 heteroatoms. The number of unbranched alkanes of at least 4 members (excludes halogenated alkanes) is 7. The molecule has 0 heterocycles. The van der Waals surface area contributed by atoms with Gasteiger partial charge in [0.2, 0.25) is 0 Å². The molecule has 0 aromatic rings. The van der Waals surface area contributed by atoms with E-state index in [-0.39, 0.29) is 59.0 Å². The summed E-state index contributed by atoms with van der Waals surface area (Å²) in [5.74, 6) is 0. The maximum atomic E-state index is 10.5. The van der Waals surface area contributed by atoms with Crippen molar-refractivity contribution in [1.82, 2.24) is 0 Å². The van der Waals surface area contributed by atoms with Crippen molar-refractivity contribution in [3.05, 3.63) is 0 Å². The smallest absolute Gasteiger partial charge is 1.00 e. The summed E-state index contributed by atoms with van der Waals surface area (Å²) in [5.41, 5.74) is 0. The van der Waals surface area contributed by atoms with Gasteiger partial charge in [0.1, 0.15) is 0 Å². The van der Waals surface area contributed by atoms with Gasteiger partial charge in [-0.1, -0.05) is 51.9 Å². The van der Waals surface area contributed by atoms with E-state index in [0.717, 1.165) is 12.8 Å². The first-order chi connectivity index (χ1) is 6.56. The minimum Gasteiger partial charge on any atom is -1.00 e. The molecule has 0 fully saturated rings. The van der Waals surface area contributed by atoms with Crippen LogP contribution in [0.2, 0.25) is 0 Å². The summed E-state index contributed by atoms with van der Waals surface area (Å²) in [6.07, 6.45) is 9.14. The number of hydrogen-bond acceptors (Lipinski definition) is 1. The Labute approximate surface area is 137 Å². The van der Waals surface area contributed by atoms with Crippen LogP contribution in [0.25, 0.3) is 0 Å². The molecule has 0 radical (unpaired) electrons. The van der Waals surface area contributed by atoms with Gasteiger partial charge < -0.3 is 11.2 Å². The van der Waals surface area contributed by atoms with Crippen molar-refractivity contribution < 1.29 is 67.2 Å². The first-order valence-electron chi connectivity index (χ1n) is 5.61. The molecule has 0 aliphatic carbocycles. The summed E-state index contributed by atoms with van der Waals surface area (Å²) >= 11 is 0. The fraction of sp³-hybridized carbons (Fsp3) is 1.00. The average molecular weight is 262 g/mol. The van der Waals surface area contributed by atoms with Gasteiger partial charge in [0.15, 0.2) is 0 Å². The summed E-state index contributed by atoms with van der Waals surface area (Å²) in [6.45, 7) is 2.19. The van der Waals surface area contributed by atoms with Gasteiger partial charge in [0.05, 0.1) is 0 Å². The third-order valence-electron chi connectivity index (χ3n) is 2.30. The van der Waals surface area contributed by atoms with Crippen LogP contribution in [0.3, 0.4) is 0 Å². The van der Waals surface area contributed by atoms with Crippen LogP contribution in [0.5, 0.6) is 0 Å². The average Bonchev–Trinajstić information content (AvgIpc) is 2.08. The van der Waals surface area contributed by atoms with E-state index in [0.29, 0.717) is 6.42 Å². The Morgan fingerprint density at radius 3 is 1.73 bits per heavy atom. The van der Waals surface area contributed by atoms with Crippen LogP contribution in [-0.2, 0) is 4.57 Å². The first kappa shape index (κ1) is 19.1. The maximum Gasteiger partial charge on any atom is 1.00 e. The molecule has 0 saturated carbocycles. The van der Waals surface area contributed by atoms with Crippen LogP contribution in [0.4, 0.5) is 0 Å². The normalized spacial score (nSPS) is 11.1. The maximum absolute atomic E-state index is 10.5. The second-order valence-corrected chi connectivity index (χ2v) is 5.64. The molecule has 0 unspecified atom stereocenters. The molecule has 0 aromatic heterocycles.